The van der Waals surface area contributed by atoms with Gasteiger partial charge in [-0.2, -0.15) is 0 Å². The summed E-state index contributed by atoms with van der Waals surface area (Å²) in [6, 6.07) is 13.4. The zero-order valence-corrected chi connectivity index (χ0v) is 12.8. The number of carbonyl (C=O) groups excluding carboxylic acids is 1. The van der Waals surface area contributed by atoms with Crippen molar-refractivity contribution in [1.29, 1.82) is 0 Å². The van der Waals surface area contributed by atoms with Gasteiger partial charge in [-0.3, -0.25) is 14.7 Å². The maximum absolute atomic E-state index is 12.1. The Kier molecular flexibility index (Phi) is 6.06. The maximum Gasteiger partial charge on any atom is 0.238 e. The number of likely N-dealkylation sites (N-methyl/N-ethyl adjacent to an activating group) is 1. The van der Waals surface area contributed by atoms with E-state index in [-0.39, 0.29) is 5.91 Å². The molecule has 0 atom stereocenters. The molecule has 0 spiro atoms. The van der Waals surface area contributed by atoms with Crippen molar-refractivity contribution < 1.29 is 4.79 Å². The summed E-state index contributed by atoms with van der Waals surface area (Å²) in [6.45, 7) is 1.53. The molecule has 0 radical (unpaired) electrons. The second kappa shape index (κ2) is 8.26. The third kappa shape index (κ3) is 4.95. The molecule has 0 bridgehead atoms. The van der Waals surface area contributed by atoms with E-state index in [4.69, 9.17) is 5.73 Å². The molecule has 0 saturated heterocycles. The third-order valence-corrected chi connectivity index (χ3v) is 3.40. The van der Waals surface area contributed by atoms with Crippen LogP contribution in [-0.2, 0) is 17.8 Å². The first kappa shape index (κ1) is 16.1. The molecule has 0 saturated carbocycles. The van der Waals surface area contributed by atoms with Crippen LogP contribution in [0.15, 0.2) is 48.7 Å². The van der Waals surface area contributed by atoms with E-state index >= 15 is 0 Å². The number of hydrogen-bond acceptors (Lipinski definition) is 4. The summed E-state index contributed by atoms with van der Waals surface area (Å²) in [6.07, 6.45) is 2.61. The van der Waals surface area contributed by atoms with Gasteiger partial charge in [-0.25, -0.2) is 0 Å². The average Bonchev–Trinajstić information content (AvgIpc) is 2.54. The smallest absolute Gasteiger partial charge is 0.238 e. The van der Waals surface area contributed by atoms with Crippen molar-refractivity contribution in [3.8, 4) is 0 Å². The van der Waals surface area contributed by atoms with Crippen LogP contribution >= 0.6 is 0 Å². The molecule has 5 heteroatoms. The molecule has 0 aliphatic carbocycles. The standard InChI is InChI=1S/C17H22N4O/c1-21(11-9-15-7-4-5-10-19-15)13-17(22)20-16-8-3-2-6-14(16)12-18/h2-8,10H,9,11-13,18H2,1H3,(H,20,22). The monoisotopic (exact) mass is 298 g/mol. The number of anilines is 1. The number of para-hydroxylation sites is 1. The van der Waals surface area contributed by atoms with E-state index in [1.165, 1.54) is 0 Å². The second-order valence-corrected chi connectivity index (χ2v) is 5.22. The molecule has 0 unspecified atom stereocenters. The number of benzene rings is 1. The molecule has 0 aliphatic heterocycles. The predicted octanol–water partition coefficient (Wildman–Crippen LogP) is 1.65. The van der Waals surface area contributed by atoms with Gasteiger partial charge < -0.3 is 11.1 Å². The minimum absolute atomic E-state index is 0.0376. The van der Waals surface area contributed by atoms with E-state index in [9.17, 15) is 4.79 Å². The van der Waals surface area contributed by atoms with Crippen LogP contribution in [-0.4, -0.2) is 35.9 Å². The van der Waals surface area contributed by atoms with Gasteiger partial charge in [-0.15, -0.1) is 0 Å². The van der Waals surface area contributed by atoms with Crippen molar-refractivity contribution in [2.75, 3.05) is 25.5 Å². The van der Waals surface area contributed by atoms with E-state index in [0.717, 1.165) is 29.9 Å². The fraction of sp³-hybridized carbons (Fsp3) is 0.294. The number of carbonyl (C=O) groups is 1. The summed E-state index contributed by atoms with van der Waals surface area (Å²) >= 11 is 0. The molecular weight excluding hydrogens is 276 g/mol. The summed E-state index contributed by atoms with van der Waals surface area (Å²) in [5.41, 5.74) is 8.42. The lowest BCUT2D eigenvalue weighted by Gasteiger charge is -2.17. The number of nitrogens with zero attached hydrogens (tertiary/aromatic N) is 2. The van der Waals surface area contributed by atoms with Crippen molar-refractivity contribution in [1.82, 2.24) is 9.88 Å². The Balaban J connectivity index is 1.81. The Morgan fingerprint density at radius 3 is 2.73 bits per heavy atom. The Bertz CT molecular complexity index is 601. The minimum atomic E-state index is -0.0376. The van der Waals surface area contributed by atoms with Crippen molar-refractivity contribution in [3.63, 3.8) is 0 Å². The molecule has 22 heavy (non-hydrogen) atoms. The fourth-order valence-corrected chi connectivity index (χ4v) is 2.19. The first-order valence-electron chi connectivity index (χ1n) is 7.35. The normalized spacial score (nSPS) is 10.7. The Morgan fingerprint density at radius 1 is 1.23 bits per heavy atom. The zero-order chi connectivity index (χ0) is 15.8. The Labute approximate surface area is 131 Å². The van der Waals surface area contributed by atoms with Crippen LogP contribution in [0.3, 0.4) is 0 Å². The molecule has 5 nitrogen and oxygen atoms in total. The van der Waals surface area contributed by atoms with Crippen LogP contribution in [0.4, 0.5) is 5.69 Å². The largest absolute Gasteiger partial charge is 0.326 e. The summed E-state index contributed by atoms with van der Waals surface area (Å²) in [5.74, 6) is -0.0376. The lowest BCUT2D eigenvalue weighted by molar-refractivity contribution is -0.117. The molecule has 2 rings (SSSR count). The Morgan fingerprint density at radius 2 is 2.00 bits per heavy atom. The van der Waals surface area contributed by atoms with Gasteiger partial charge in [-0.1, -0.05) is 24.3 Å². The summed E-state index contributed by atoms with van der Waals surface area (Å²) < 4.78 is 0. The van der Waals surface area contributed by atoms with Gasteiger partial charge in [0.05, 0.1) is 6.54 Å². The fourth-order valence-electron chi connectivity index (χ4n) is 2.19. The first-order chi connectivity index (χ1) is 10.7. The zero-order valence-electron chi connectivity index (χ0n) is 12.8. The summed E-state index contributed by atoms with van der Waals surface area (Å²) in [7, 11) is 1.93. The van der Waals surface area contributed by atoms with Crippen molar-refractivity contribution in [3.05, 3.63) is 59.9 Å². The molecule has 1 amide bonds. The predicted molar refractivity (Wildman–Crippen MR) is 88.4 cm³/mol. The minimum Gasteiger partial charge on any atom is -0.326 e. The lowest BCUT2D eigenvalue weighted by atomic mass is 10.2. The van der Waals surface area contributed by atoms with Crippen molar-refractivity contribution >= 4 is 11.6 Å². The molecule has 116 valence electrons. The summed E-state index contributed by atoms with van der Waals surface area (Å²) in [5, 5.41) is 2.91. The van der Waals surface area contributed by atoms with Gasteiger partial charge in [-0.05, 0) is 30.8 Å². The molecule has 0 fully saturated rings. The second-order valence-electron chi connectivity index (χ2n) is 5.22. The maximum atomic E-state index is 12.1. The van der Waals surface area contributed by atoms with Crippen LogP contribution in [0.5, 0.6) is 0 Å². The number of hydrogen-bond donors (Lipinski definition) is 2. The van der Waals surface area contributed by atoms with Gasteiger partial charge in [0.25, 0.3) is 0 Å². The van der Waals surface area contributed by atoms with Crippen molar-refractivity contribution in [2.45, 2.75) is 13.0 Å². The molecule has 1 heterocycles. The highest BCUT2D eigenvalue weighted by molar-refractivity contribution is 5.92. The molecule has 0 aliphatic rings. The molecule has 2 aromatic rings. The van der Waals surface area contributed by atoms with Crippen LogP contribution < -0.4 is 11.1 Å². The highest BCUT2D eigenvalue weighted by atomic mass is 16.2. The highest BCUT2D eigenvalue weighted by Gasteiger charge is 2.09. The molecule has 1 aromatic carbocycles. The SMILES string of the molecule is CN(CCc1ccccn1)CC(=O)Nc1ccccc1CN. The lowest BCUT2D eigenvalue weighted by Crippen LogP contribution is -2.32. The van der Waals surface area contributed by atoms with Gasteiger partial charge in [0, 0.05) is 37.1 Å². The van der Waals surface area contributed by atoms with Crippen LogP contribution in [0, 0.1) is 0 Å². The van der Waals surface area contributed by atoms with Gasteiger partial charge in [0.2, 0.25) is 5.91 Å². The van der Waals surface area contributed by atoms with Crippen LogP contribution in [0.1, 0.15) is 11.3 Å². The van der Waals surface area contributed by atoms with Gasteiger partial charge in [0.15, 0.2) is 0 Å². The number of amides is 1. The van der Waals surface area contributed by atoms with E-state index in [0.29, 0.717) is 13.1 Å². The van der Waals surface area contributed by atoms with E-state index in [1.54, 1.807) is 6.20 Å². The number of aromatic nitrogens is 1. The summed E-state index contributed by atoms with van der Waals surface area (Å²) in [4.78, 5) is 18.4. The molecular formula is C17H22N4O. The van der Waals surface area contributed by atoms with Gasteiger partial charge in [0.1, 0.15) is 0 Å². The first-order valence-corrected chi connectivity index (χ1v) is 7.35. The quantitative estimate of drug-likeness (QED) is 0.815. The Hall–Kier alpha value is -2.24. The van der Waals surface area contributed by atoms with Crippen LogP contribution in [0.25, 0.3) is 0 Å². The van der Waals surface area contributed by atoms with Crippen LogP contribution in [0.2, 0.25) is 0 Å². The third-order valence-electron chi connectivity index (χ3n) is 3.40. The van der Waals surface area contributed by atoms with E-state index in [1.807, 2.05) is 54.4 Å². The topological polar surface area (TPSA) is 71.2 Å². The van der Waals surface area contributed by atoms with Gasteiger partial charge >= 0.3 is 0 Å². The number of rotatable bonds is 7. The average molecular weight is 298 g/mol. The molecule has 1 aromatic heterocycles. The van der Waals surface area contributed by atoms with E-state index in [2.05, 4.69) is 10.3 Å². The molecule has 3 N–H and O–H groups in total. The number of pyridine rings is 1. The van der Waals surface area contributed by atoms with Crippen molar-refractivity contribution in [2.24, 2.45) is 5.73 Å². The van der Waals surface area contributed by atoms with E-state index < -0.39 is 0 Å². The highest BCUT2D eigenvalue weighted by Crippen LogP contribution is 2.13. The number of nitrogens with two attached hydrogens (primary N) is 1. The number of nitrogens with one attached hydrogen (secondary N) is 1.